The maximum Gasteiger partial charge on any atom is 0.135 e. The quantitative estimate of drug-likeness (QED) is 0.170. The monoisotopic (exact) mass is 727 g/mol. The van der Waals surface area contributed by atoms with Gasteiger partial charge >= 0.3 is 0 Å². The number of benzene rings is 9. The average Bonchev–Trinajstić information content (AvgIpc) is 3.67. The molecule has 0 amide bonds. The number of nitrogens with zero attached hydrogens (tertiary/aromatic N) is 1. The summed E-state index contributed by atoms with van der Waals surface area (Å²) in [6.45, 7) is 0. The van der Waals surface area contributed by atoms with E-state index in [4.69, 9.17) is 4.42 Å². The van der Waals surface area contributed by atoms with Gasteiger partial charge < -0.3 is 9.32 Å². The number of hydrogen-bond donors (Lipinski definition) is 0. The summed E-state index contributed by atoms with van der Waals surface area (Å²) in [7, 11) is 0. The fourth-order valence-electron chi connectivity index (χ4n) is 9.11. The van der Waals surface area contributed by atoms with E-state index in [1.165, 1.54) is 44.5 Å². The lowest BCUT2D eigenvalue weighted by Gasteiger charge is -2.47. The van der Waals surface area contributed by atoms with Crippen LogP contribution >= 0.6 is 0 Å². The highest BCUT2D eigenvalue weighted by Crippen LogP contribution is 2.59. The minimum atomic E-state index is -0.623. The molecule has 0 aliphatic carbocycles. The zero-order valence-electron chi connectivity index (χ0n) is 31.2. The van der Waals surface area contributed by atoms with E-state index in [0.717, 1.165) is 50.1 Å². The molecule has 10 aromatic rings. The molecule has 1 aliphatic heterocycles. The van der Waals surface area contributed by atoms with E-state index in [2.05, 4.69) is 217 Å². The topological polar surface area (TPSA) is 16.4 Å². The van der Waals surface area contributed by atoms with Gasteiger partial charge in [-0.25, -0.2) is 0 Å². The van der Waals surface area contributed by atoms with Crippen LogP contribution in [-0.2, 0) is 5.41 Å². The highest BCUT2D eigenvalue weighted by Gasteiger charge is 2.47. The number of rotatable bonds is 6. The fourth-order valence-corrected chi connectivity index (χ4v) is 9.11. The number of para-hydroxylation sites is 1. The van der Waals surface area contributed by atoms with Gasteiger partial charge in [0, 0.05) is 16.5 Å². The van der Waals surface area contributed by atoms with E-state index in [1.807, 2.05) is 12.1 Å². The molecule has 0 bridgehead atoms. The molecule has 2 heterocycles. The lowest BCUT2D eigenvalue weighted by molar-refractivity contribution is 0.669. The lowest BCUT2D eigenvalue weighted by Crippen LogP contribution is -2.37. The van der Waals surface area contributed by atoms with Crippen molar-refractivity contribution in [2.24, 2.45) is 0 Å². The second-order valence-corrected chi connectivity index (χ2v) is 14.9. The summed E-state index contributed by atoms with van der Waals surface area (Å²) in [5.41, 5.74) is 16.6. The maximum atomic E-state index is 6.16. The third-order valence-corrected chi connectivity index (χ3v) is 11.7. The molecular formula is C55H37NO. The molecule has 1 aromatic heterocycles. The number of hydrogen-bond acceptors (Lipinski definition) is 2. The zero-order valence-corrected chi connectivity index (χ0v) is 31.2. The van der Waals surface area contributed by atoms with Gasteiger partial charge in [-0.2, -0.15) is 0 Å². The molecule has 1 aliphatic rings. The van der Waals surface area contributed by atoms with Crippen molar-refractivity contribution < 1.29 is 4.42 Å². The molecule has 57 heavy (non-hydrogen) atoms. The standard InChI is InChI=1S/C55H37NO/c1-5-15-38(16-6-1)42-27-32-51-49(36-42)55(44-19-9-3-10-20-44,45-21-11-4-12-22-45)50-37-43(39-17-7-2-8-18-39)28-33-52(50)56(51)46-30-25-40(26-31-46)41-29-34-54-48(35-41)47-23-13-14-24-53(47)57-54/h1-37H. The normalized spacial score (nSPS) is 13.0. The van der Waals surface area contributed by atoms with Gasteiger partial charge in [0.2, 0.25) is 0 Å². The van der Waals surface area contributed by atoms with Gasteiger partial charge in [0.05, 0.1) is 16.8 Å². The minimum absolute atomic E-state index is 0.623. The Kier molecular flexibility index (Phi) is 7.75. The molecule has 0 saturated carbocycles. The van der Waals surface area contributed by atoms with E-state index in [9.17, 15) is 0 Å². The van der Waals surface area contributed by atoms with Crippen LogP contribution in [0.5, 0.6) is 0 Å². The third-order valence-electron chi connectivity index (χ3n) is 11.7. The van der Waals surface area contributed by atoms with Crippen molar-refractivity contribution in [3.63, 3.8) is 0 Å². The first-order valence-electron chi connectivity index (χ1n) is 19.6. The van der Waals surface area contributed by atoms with E-state index >= 15 is 0 Å². The van der Waals surface area contributed by atoms with Gasteiger partial charge in [-0.05, 0) is 110 Å². The average molecular weight is 728 g/mol. The summed E-state index contributed by atoms with van der Waals surface area (Å²) in [4.78, 5) is 2.47. The predicted octanol–water partition coefficient (Wildman–Crippen LogP) is 14.8. The summed E-state index contributed by atoms with van der Waals surface area (Å²) in [5, 5.41) is 2.27. The van der Waals surface area contributed by atoms with E-state index in [-0.39, 0.29) is 0 Å². The molecule has 11 rings (SSSR count). The summed E-state index contributed by atoms with van der Waals surface area (Å²) in [6, 6.07) is 81.6. The summed E-state index contributed by atoms with van der Waals surface area (Å²) < 4.78 is 6.16. The Morgan fingerprint density at radius 1 is 0.316 bits per heavy atom. The molecule has 2 heteroatoms. The van der Waals surface area contributed by atoms with Crippen LogP contribution < -0.4 is 4.90 Å². The molecule has 0 unspecified atom stereocenters. The third kappa shape index (κ3) is 5.33. The largest absolute Gasteiger partial charge is 0.456 e. The Morgan fingerprint density at radius 3 is 1.30 bits per heavy atom. The number of anilines is 3. The molecule has 0 spiro atoms. The Hall–Kier alpha value is -7.42. The SMILES string of the molecule is c1ccc(-c2ccc3c(c2)C(c2ccccc2)(c2ccccc2)c2cc(-c4ccccc4)ccc2N3c2ccc(-c3ccc4oc5ccccc5c4c3)cc2)cc1. The molecule has 2 nitrogen and oxygen atoms in total. The van der Waals surface area contributed by atoms with Gasteiger partial charge in [-0.3, -0.25) is 0 Å². The van der Waals surface area contributed by atoms with E-state index in [1.54, 1.807) is 0 Å². The summed E-state index contributed by atoms with van der Waals surface area (Å²) in [6.07, 6.45) is 0. The minimum Gasteiger partial charge on any atom is -0.456 e. The molecule has 0 N–H and O–H groups in total. The molecule has 0 atom stereocenters. The number of furan rings is 1. The first-order chi connectivity index (χ1) is 28.3. The van der Waals surface area contributed by atoms with Crippen molar-refractivity contribution in [1.29, 1.82) is 0 Å². The Bertz CT molecular complexity index is 2910. The van der Waals surface area contributed by atoms with E-state index in [0.29, 0.717) is 0 Å². The number of fused-ring (bicyclic) bond motifs is 5. The van der Waals surface area contributed by atoms with Gasteiger partial charge in [-0.15, -0.1) is 0 Å². The van der Waals surface area contributed by atoms with Crippen LogP contribution in [0.25, 0.3) is 55.3 Å². The molecule has 0 saturated heterocycles. The van der Waals surface area contributed by atoms with Crippen LogP contribution in [0.2, 0.25) is 0 Å². The summed E-state index contributed by atoms with van der Waals surface area (Å²) in [5.74, 6) is 0. The van der Waals surface area contributed by atoms with Crippen LogP contribution in [0, 0.1) is 0 Å². The van der Waals surface area contributed by atoms with Crippen LogP contribution in [0.15, 0.2) is 229 Å². The van der Waals surface area contributed by atoms with Gasteiger partial charge in [0.15, 0.2) is 0 Å². The molecular weight excluding hydrogens is 691 g/mol. The molecule has 9 aromatic carbocycles. The van der Waals surface area contributed by atoms with Crippen LogP contribution in [0.4, 0.5) is 17.1 Å². The van der Waals surface area contributed by atoms with Crippen molar-refractivity contribution in [3.8, 4) is 33.4 Å². The van der Waals surface area contributed by atoms with Crippen molar-refractivity contribution >= 4 is 39.0 Å². The highest BCUT2D eigenvalue weighted by molar-refractivity contribution is 6.06. The van der Waals surface area contributed by atoms with Crippen molar-refractivity contribution in [2.75, 3.05) is 4.90 Å². The highest BCUT2D eigenvalue weighted by atomic mass is 16.3. The molecule has 268 valence electrons. The first-order valence-corrected chi connectivity index (χ1v) is 19.6. The summed E-state index contributed by atoms with van der Waals surface area (Å²) >= 11 is 0. The van der Waals surface area contributed by atoms with Gasteiger partial charge in [0.1, 0.15) is 11.2 Å². The first kappa shape index (κ1) is 33.0. The van der Waals surface area contributed by atoms with Gasteiger partial charge in [-0.1, -0.05) is 170 Å². The van der Waals surface area contributed by atoms with Crippen LogP contribution in [-0.4, -0.2) is 0 Å². The Morgan fingerprint density at radius 2 is 0.737 bits per heavy atom. The maximum absolute atomic E-state index is 6.16. The second-order valence-electron chi connectivity index (χ2n) is 14.9. The predicted molar refractivity (Wildman–Crippen MR) is 237 cm³/mol. The Balaban J connectivity index is 1.16. The molecule has 0 radical (unpaired) electrons. The van der Waals surface area contributed by atoms with Crippen molar-refractivity contribution in [1.82, 2.24) is 0 Å². The van der Waals surface area contributed by atoms with Crippen molar-refractivity contribution in [2.45, 2.75) is 5.41 Å². The Labute approximate surface area is 332 Å². The zero-order chi connectivity index (χ0) is 37.8. The van der Waals surface area contributed by atoms with Crippen LogP contribution in [0.3, 0.4) is 0 Å². The van der Waals surface area contributed by atoms with E-state index < -0.39 is 5.41 Å². The van der Waals surface area contributed by atoms with Gasteiger partial charge in [0.25, 0.3) is 0 Å². The van der Waals surface area contributed by atoms with Crippen LogP contribution in [0.1, 0.15) is 22.3 Å². The second kappa shape index (κ2) is 13.4. The smallest absolute Gasteiger partial charge is 0.135 e. The molecule has 0 fully saturated rings. The van der Waals surface area contributed by atoms with Crippen molar-refractivity contribution in [3.05, 3.63) is 247 Å². The fraction of sp³-hybridized carbons (Fsp3) is 0.0182. The lowest BCUT2D eigenvalue weighted by atomic mass is 9.62.